The Morgan fingerprint density at radius 2 is 1.81 bits per heavy atom. The molecule has 1 saturated heterocycles. The van der Waals surface area contributed by atoms with E-state index in [0.717, 1.165) is 0 Å². The molecule has 154 valence electrons. The average molecular weight is 393 g/mol. The van der Waals surface area contributed by atoms with E-state index in [0.29, 0.717) is 6.61 Å². The van der Waals surface area contributed by atoms with Crippen LogP contribution in [0.5, 0.6) is 0 Å². The molecule has 1 heterocycles. The van der Waals surface area contributed by atoms with Crippen LogP contribution in [0.3, 0.4) is 0 Å². The van der Waals surface area contributed by atoms with Crippen molar-refractivity contribution < 1.29 is 33.6 Å². The largest absolute Gasteiger partial charge is 0.467 e. The fourth-order valence-electron chi connectivity index (χ4n) is 2.66. The third-order valence-electron chi connectivity index (χ3n) is 5.46. The normalized spacial score (nSPS) is 25.4. The summed E-state index contributed by atoms with van der Waals surface area (Å²) >= 11 is 0. The van der Waals surface area contributed by atoms with Crippen molar-refractivity contribution in [2.75, 3.05) is 13.7 Å². The van der Waals surface area contributed by atoms with E-state index in [1.54, 1.807) is 6.92 Å². The lowest BCUT2D eigenvalue weighted by Crippen LogP contribution is -2.54. The zero-order chi connectivity index (χ0) is 20.5. The van der Waals surface area contributed by atoms with E-state index < -0.39 is 50.4 Å². The highest BCUT2D eigenvalue weighted by Crippen LogP contribution is 2.40. The Bertz CT molecular complexity index is 486. The summed E-state index contributed by atoms with van der Waals surface area (Å²) in [7, 11) is -1.04. The number of carbonyl (C=O) groups is 1. The number of aliphatic hydroxyl groups is 2. The summed E-state index contributed by atoms with van der Waals surface area (Å²) in [6.07, 6.45) is -3.93. The number of ether oxygens (including phenoxy) is 3. The molecule has 5 atom stereocenters. The summed E-state index contributed by atoms with van der Waals surface area (Å²) in [6, 6.07) is 0. The van der Waals surface area contributed by atoms with Gasteiger partial charge in [-0.1, -0.05) is 27.7 Å². The molecule has 26 heavy (non-hydrogen) atoms. The van der Waals surface area contributed by atoms with Crippen LogP contribution in [0.1, 0.15) is 41.5 Å². The van der Waals surface area contributed by atoms with Gasteiger partial charge in [-0.2, -0.15) is 0 Å². The van der Waals surface area contributed by atoms with Crippen molar-refractivity contribution in [3.05, 3.63) is 0 Å². The van der Waals surface area contributed by atoms with Crippen LogP contribution < -0.4 is 0 Å². The van der Waals surface area contributed by atoms with E-state index in [9.17, 15) is 15.0 Å². The average Bonchev–Trinajstić information content (AvgIpc) is 2.88. The molecule has 1 fully saturated rings. The van der Waals surface area contributed by atoms with Crippen molar-refractivity contribution in [3.63, 3.8) is 0 Å². The van der Waals surface area contributed by atoms with E-state index in [1.807, 2.05) is 13.8 Å². The molecule has 0 bridgehead atoms. The van der Waals surface area contributed by atoms with Gasteiger partial charge in [0.05, 0.1) is 25.9 Å². The Labute approximate surface area is 158 Å². The molecule has 0 saturated carbocycles. The van der Waals surface area contributed by atoms with Gasteiger partial charge in [0.25, 0.3) is 0 Å². The molecule has 0 aliphatic carbocycles. The van der Waals surface area contributed by atoms with Crippen molar-refractivity contribution in [1.29, 1.82) is 0 Å². The quantitative estimate of drug-likeness (QED) is 0.506. The SMILES string of the molecule is COC(=O)[C@H](O)[C@@H](O)[C@@H](C)[C@@H](O[Si](C)(C)C(C)(C)C)[C@H]1COC(C)(C)O1. The summed E-state index contributed by atoms with van der Waals surface area (Å²) in [5.74, 6) is -2.19. The van der Waals surface area contributed by atoms with Crippen LogP contribution in [-0.4, -0.2) is 68.4 Å². The van der Waals surface area contributed by atoms with Gasteiger partial charge in [0.15, 0.2) is 20.2 Å². The fourth-order valence-corrected chi connectivity index (χ4v) is 4.06. The highest BCUT2D eigenvalue weighted by Gasteiger charge is 2.48. The van der Waals surface area contributed by atoms with Crippen LogP contribution in [0.4, 0.5) is 0 Å². The minimum atomic E-state index is -2.21. The number of esters is 1. The Hall–Kier alpha value is -0.513. The minimum Gasteiger partial charge on any atom is -0.467 e. The van der Waals surface area contributed by atoms with Gasteiger partial charge in [-0.3, -0.25) is 0 Å². The maximum absolute atomic E-state index is 11.6. The Morgan fingerprint density at radius 1 is 1.27 bits per heavy atom. The second kappa shape index (κ2) is 8.24. The second-order valence-corrected chi connectivity index (χ2v) is 13.8. The number of rotatable bonds is 7. The number of hydrogen-bond acceptors (Lipinski definition) is 7. The molecule has 0 aromatic heterocycles. The first-order valence-corrected chi connectivity index (χ1v) is 12.0. The smallest absolute Gasteiger partial charge is 0.337 e. The fraction of sp³-hybridized carbons (Fsp3) is 0.944. The summed E-state index contributed by atoms with van der Waals surface area (Å²) in [5.41, 5.74) is 0. The molecule has 0 radical (unpaired) electrons. The van der Waals surface area contributed by atoms with Gasteiger partial charge < -0.3 is 28.8 Å². The van der Waals surface area contributed by atoms with Crippen LogP contribution in [0.15, 0.2) is 0 Å². The predicted molar refractivity (Wildman–Crippen MR) is 100 cm³/mol. The van der Waals surface area contributed by atoms with E-state index >= 15 is 0 Å². The number of hydrogen-bond donors (Lipinski definition) is 2. The zero-order valence-corrected chi connectivity index (χ0v) is 18.5. The minimum absolute atomic E-state index is 0.0497. The van der Waals surface area contributed by atoms with Crippen molar-refractivity contribution in [2.24, 2.45) is 5.92 Å². The molecule has 7 nitrogen and oxygen atoms in total. The first-order chi connectivity index (χ1) is 11.6. The lowest BCUT2D eigenvalue weighted by molar-refractivity contribution is -0.169. The van der Waals surface area contributed by atoms with Crippen LogP contribution in [0.25, 0.3) is 0 Å². The summed E-state index contributed by atoms with van der Waals surface area (Å²) in [4.78, 5) is 11.6. The summed E-state index contributed by atoms with van der Waals surface area (Å²) < 4.78 is 22.7. The molecule has 2 N–H and O–H groups in total. The molecule has 0 amide bonds. The molecule has 0 unspecified atom stereocenters. The van der Waals surface area contributed by atoms with Crippen LogP contribution in [0, 0.1) is 5.92 Å². The number of methoxy groups -OCH3 is 1. The van der Waals surface area contributed by atoms with Gasteiger partial charge >= 0.3 is 5.97 Å². The maximum atomic E-state index is 11.6. The van der Waals surface area contributed by atoms with E-state index in [2.05, 4.69) is 38.6 Å². The Morgan fingerprint density at radius 3 is 2.19 bits per heavy atom. The van der Waals surface area contributed by atoms with Gasteiger partial charge in [-0.05, 0) is 32.0 Å². The maximum Gasteiger partial charge on any atom is 0.337 e. The van der Waals surface area contributed by atoms with Crippen molar-refractivity contribution in [3.8, 4) is 0 Å². The molecule has 8 heteroatoms. The molecular weight excluding hydrogens is 356 g/mol. The van der Waals surface area contributed by atoms with Crippen molar-refractivity contribution >= 4 is 14.3 Å². The van der Waals surface area contributed by atoms with Crippen molar-refractivity contribution in [2.45, 2.75) is 89.9 Å². The Balaban J connectivity index is 3.09. The highest BCUT2D eigenvalue weighted by atomic mass is 28.4. The first-order valence-electron chi connectivity index (χ1n) is 9.06. The van der Waals surface area contributed by atoms with Gasteiger partial charge in [-0.25, -0.2) is 4.79 Å². The molecule has 1 aliphatic heterocycles. The van der Waals surface area contributed by atoms with Gasteiger partial charge in [0.1, 0.15) is 6.10 Å². The molecular formula is C18H36O7Si. The van der Waals surface area contributed by atoms with E-state index in [4.69, 9.17) is 13.9 Å². The third-order valence-corrected chi connectivity index (χ3v) is 9.93. The zero-order valence-electron chi connectivity index (χ0n) is 17.5. The highest BCUT2D eigenvalue weighted by molar-refractivity contribution is 6.74. The van der Waals surface area contributed by atoms with E-state index in [1.165, 1.54) is 7.11 Å². The van der Waals surface area contributed by atoms with Gasteiger partial charge in [0, 0.05) is 5.92 Å². The van der Waals surface area contributed by atoms with Crippen LogP contribution in [0.2, 0.25) is 18.1 Å². The summed E-state index contributed by atoms with van der Waals surface area (Å²) in [6.45, 7) is 16.3. The van der Waals surface area contributed by atoms with Gasteiger partial charge in [0.2, 0.25) is 0 Å². The molecule has 0 aromatic rings. The predicted octanol–water partition coefficient (Wildman–Crippen LogP) is 2.06. The van der Waals surface area contributed by atoms with Crippen molar-refractivity contribution in [1.82, 2.24) is 0 Å². The molecule has 0 spiro atoms. The lowest BCUT2D eigenvalue weighted by Gasteiger charge is -2.43. The molecule has 0 aromatic carbocycles. The monoisotopic (exact) mass is 392 g/mol. The third kappa shape index (κ3) is 5.50. The molecule has 1 aliphatic rings. The van der Waals surface area contributed by atoms with Crippen LogP contribution in [-0.2, 0) is 23.4 Å². The first kappa shape index (κ1) is 23.5. The summed E-state index contributed by atoms with van der Waals surface area (Å²) in [5, 5.41) is 20.6. The topological polar surface area (TPSA) is 94.5 Å². The second-order valence-electron chi connectivity index (χ2n) is 9.03. The Kier molecular flexibility index (Phi) is 7.46. The lowest BCUT2D eigenvalue weighted by atomic mass is 9.91. The number of carbonyl (C=O) groups excluding carboxylic acids is 1. The standard InChI is InChI=1S/C18H36O7Si/c1-11(13(19)14(20)16(21)22-7)15(12-10-23-18(5,6)24-12)25-26(8,9)17(2,3)4/h11-15,19-20H,10H2,1-9H3/t11-,12-,13+,14-,15-/m1/s1. The molecule has 1 rings (SSSR count). The van der Waals surface area contributed by atoms with E-state index in [-0.39, 0.29) is 5.04 Å². The van der Waals surface area contributed by atoms with Crippen LogP contribution >= 0.6 is 0 Å². The van der Waals surface area contributed by atoms with Gasteiger partial charge in [-0.15, -0.1) is 0 Å². The number of aliphatic hydroxyl groups excluding tert-OH is 2.